The molecule has 2 heterocycles. The van der Waals surface area contributed by atoms with Crippen molar-refractivity contribution >= 4 is 35.1 Å². The van der Waals surface area contributed by atoms with Gasteiger partial charge >= 0.3 is 5.57 Å². The molecule has 4 saturated carbocycles. The molecule has 1 aromatic carbocycles. The average molecular weight is 534 g/mol. The molecular formula is C26H34ClF2N7O. The molecule has 4 aliphatic carbocycles. The van der Waals surface area contributed by atoms with E-state index in [1.54, 1.807) is 12.1 Å². The van der Waals surface area contributed by atoms with Gasteiger partial charge in [-0.15, -0.1) is 8.78 Å². The van der Waals surface area contributed by atoms with Crippen LogP contribution in [0.1, 0.15) is 38.5 Å². The van der Waals surface area contributed by atoms with E-state index in [1.807, 2.05) is 19.0 Å². The molecule has 5 aliphatic rings. The SMILES string of the molecule is CN(C)c1nc(Nc2ccc(OC(F)(F)Cl)cc2)nc(N2CCN(C34CC5CC(CC(C5)C3)C4)CC2)n1. The molecule has 1 aromatic heterocycles. The number of anilines is 4. The van der Waals surface area contributed by atoms with Gasteiger partial charge in [-0.1, -0.05) is 0 Å². The number of hydrogen-bond acceptors (Lipinski definition) is 8. The number of rotatable bonds is 7. The number of alkyl halides is 3. The third-order valence-corrected chi connectivity index (χ3v) is 8.67. The van der Waals surface area contributed by atoms with Gasteiger partial charge in [0.15, 0.2) is 0 Å². The van der Waals surface area contributed by atoms with Crippen LogP contribution in [0.25, 0.3) is 0 Å². The molecule has 5 fully saturated rings. The minimum absolute atomic E-state index is 0.0345. The van der Waals surface area contributed by atoms with E-state index < -0.39 is 5.57 Å². The molecule has 1 N–H and O–H groups in total. The predicted molar refractivity (Wildman–Crippen MR) is 140 cm³/mol. The number of piperazine rings is 1. The van der Waals surface area contributed by atoms with Crippen LogP contribution < -0.4 is 19.9 Å². The molecule has 8 nitrogen and oxygen atoms in total. The Morgan fingerprint density at radius 2 is 1.54 bits per heavy atom. The predicted octanol–water partition coefficient (Wildman–Crippen LogP) is 4.94. The van der Waals surface area contributed by atoms with Gasteiger partial charge in [-0.3, -0.25) is 4.90 Å². The van der Waals surface area contributed by atoms with E-state index in [2.05, 4.69) is 24.8 Å². The number of hydrogen-bond donors (Lipinski definition) is 1. The van der Waals surface area contributed by atoms with Crippen molar-refractivity contribution in [1.82, 2.24) is 19.9 Å². The van der Waals surface area contributed by atoms with Gasteiger partial charge in [0.1, 0.15) is 5.75 Å². The first-order valence-electron chi connectivity index (χ1n) is 13.2. The summed E-state index contributed by atoms with van der Waals surface area (Å²) in [4.78, 5) is 20.8. The third kappa shape index (κ3) is 5.27. The lowest BCUT2D eigenvalue weighted by Crippen LogP contribution is -2.64. The zero-order valence-electron chi connectivity index (χ0n) is 21.3. The number of ether oxygens (including phenoxy) is 1. The zero-order valence-corrected chi connectivity index (χ0v) is 22.1. The Labute approximate surface area is 221 Å². The minimum Gasteiger partial charge on any atom is -0.420 e. The fourth-order valence-electron chi connectivity index (χ4n) is 7.45. The quantitative estimate of drug-likeness (QED) is 0.502. The summed E-state index contributed by atoms with van der Waals surface area (Å²) >= 11 is 4.85. The van der Waals surface area contributed by atoms with Crippen molar-refractivity contribution in [1.29, 1.82) is 0 Å². The smallest absolute Gasteiger partial charge is 0.420 e. The van der Waals surface area contributed by atoms with Crippen molar-refractivity contribution in [3.8, 4) is 5.75 Å². The first-order chi connectivity index (χ1) is 17.6. The molecule has 4 bridgehead atoms. The average Bonchev–Trinajstić information content (AvgIpc) is 2.83. The van der Waals surface area contributed by atoms with E-state index in [1.165, 1.54) is 50.7 Å². The van der Waals surface area contributed by atoms with Gasteiger partial charge in [-0.25, -0.2) is 0 Å². The molecular weight excluding hydrogens is 500 g/mol. The Kier molecular flexibility index (Phi) is 6.30. The maximum atomic E-state index is 12.9. The highest BCUT2D eigenvalue weighted by atomic mass is 35.5. The highest BCUT2D eigenvalue weighted by Crippen LogP contribution is 2.57. The minimum atomic E-state index is -3.75. The molecule has 11 heteroatoms. The molecule has 37 heavy (non-hydrogen) atoms. The first-order valence-corrected chi connectivity index (χ1v) is 13.6. The molecule has 7 rings (SSSR count). The normalized spacial score (nSPS) is 29.4. The van der Waals surface area contributed by atoms with Crippen LogP contribution in [0, 0.1) is 17.8 Å². The lowest BCUT2D eigenvalue weighted by molar-refractivity contribution is -0.0964. The van der Waals surface area contributed by atoms with E-state index in [-0.39, 0.29) is 5.75 Å². The molecule has 2 aromatic rings. The third-order valence-electron chi connectivity index (χ3n) is 8.60. The first kappa shape index (κ1) is 24.9. The van der Waals surface area contributed by atoms with Crippen LogP contribution in [0.4, 0.5) is 32.3 Å². The summed E-state index contributed by atoms with van der Waals surface area (Å²) in [7, 11) is 3.79. The zero-order chi connectivity index (χ0) is 25.8. The van der Waals surface area contributed by atoms with Crippen LogP contribution in [-0.4, -0.2) is 71.2 Å². The lowest BCUT2D eigenvalue weighted by atomic mass is 9.52. The van der Waals surface area contributed by atoms with Crippen molar-refractivity contribution in [2.75, 3.05) is 55.4 Å². The van der Waals surface area contributed by atoms with E-state index >= 15 is 0 Å². The molecule has 0 radical (unpaired) electrons. The van der Waals surface area contributed by atoms with Crippen molar-refractivity contribution in [3.63, 3.8) is 0 Å². The monoisotopic (exact) mass is 533 g/mol. The Bertz CT molecular complexity index is 1080. The van der Waals surface area contributed by atoms with Gasteiger partial charge < -0.3 is 19.9 Å². The summed E-state index contributed by atoms with van der Waals surface area (Å²) in [5.74, 6) is 4.38. The lowest BCUT2D eigenvalue weighted by Gasteiger charge is -2.61. The summed E-state index contributed by atoms with van der Waals surface area (Å²) in [5.41, 5.74) is -2.69. The highest BCUT2D eigenvalue weighted by Gasteiger charge is 2.53. The van der Waals surface area contributed by atoms with Crippen LogP contribution in [0.15, 0.2) is 24.3 Å². The van der Waals surface area contributed by atoms with E-state index in [4.69, 9.17) is 21.6 Å². The number of benzene rings is 1. The van der Waals surface area contributed by atoms with Crippen LogP contribution in [0.2, 0.25) is 0 Å². The Hall–Kier alpha value is -2.46. The van der Waals surface area contributed by atoms with Gasteiger partial charge in [-0.05, 0) is 80.5 Å². The molecule has 1 saturated heterocycles. The van der Waals surface area contributed by atoms with Crippen molar-refractivity contribution in [2.45, 2.75) is 49.6 Å². The molecule has 0 amide bonds. The fraction of sp³-hybridized carbons (Fsp3) is 0.654. The van der Waals surface area contributed by atoms with Gasteiger partial charge in [0, 0.05) is 63.1 Å². The maximum absolute atomic E-state index is 12.9. The number of nitrogens with zero attached hydrogens (tertiary/aromatic N) is 6. The Morgan fingerprint density at radius 1 is 0.946 bits per heavy atom. The fourth-order valence-corrected chi connectivity index (χ4v) is 7.54. The molecule has 0 atom stereocenters. The standard InChI is InChI=1S/C26H34ClF2N7O/c1-34(2)23-31-22(30-20-3-5-21(6-4-20)37-26(27,28)29)32-24(33-23)35-7-9-36(10-8-35)25-14-17-11-18(15-25)13-19(12-17)16-25/h3-6,17-19H,7-16H2,1-2H3,(H,30,31,32,33). The van der Waals surface area contributed by atoms with Gasteiger partial charge in [0.25, 0.3) is 0 Å². The molecule has 1 aliphatic heterocycles. The Balaban J connectivity index is 1.15. The number of aromatic nitrogens is 3. The molecule has 0 unspecified atom stereocenters. The summed E-state index contributed by atoms with van der Waals surface area (Å²) in [6, 6.07) is 6.05. The highest BCUT2D eigenvalue weighted by molar-refractivity contribution is 6.20. The van der Waals surface area contributed by atoms with E-state index in [0.29, 0.717) is 29.1 Å². The summed E-state index contributed by atoms with van der Waals surface area (Å²) in [6.45, 7) is 3.84. The second-order valence-corrected chi connectivity index (χ2v) is 11.9. The topological polar surface area (TPSA) is 69.7 Å². The summed E-state index contributed by atoms with van der Waals surface area (Å²) < 4.78 is 30.2. The Morgan fingerprint density at radius 3 is 2.08 bits per heavy atom. The number of nitrogens with one attached hydrogen (secondary N) is 1. The molecule has 0 spiro atoms. The van der Waals surface area contributed by atoms with Crippen LogP contribution in [0.3, 0.4) is 0 Å². The van der Waals surface area contributed by atoms with Gasteiger partial charge in [0.05, 0.1) is 0 Å². The van der Waals surface area contributed by atoms with Crippen LogP contribution in [-0.2, 0) is 0 Å². The summed E-state index contributed by atoms with van der Waals surface area (Å²) in [6.07, 6.45) is 8.54. The van der Waals surface area contributed by atoms with E-state index in [9.17, 15) is 8.78 Å². The van der Waals surface area contributed by atoms with Crippen molar-refractivity contribution in [3.05, 3.63) is 24.3 Å². The molecule has 200 valence electrons. The summed E-state index contributed by atoms with van der Waals surface area (Å²) in [5, 5.41) is 3.16. The van der Waals surface area contributed by atoms with Gasteiger partial charge in [-0.2, -0.15) is 15.0 Å². The van der Waals surface area contributed by atoms with E-state index in [0.717, 1.165) is 43.9 Å². The van der Waals surface area contributed by atoms with Crippen LogP contribution in [0.5, 0.6) is 5.75 Å². The number of halogens is 3. The largest absolute Gasteiger partial charge is 0.487 e. The maximum Gasteiger partial charge on any atom is 0.487 e. The second-order valence-electron chi connectivity index (χ2n) is 11.5. The van der Waals surface area contributed by atoms with Crippen molar-refractivity contribution in [2.24, 2.45) is 17.8 Å². The van der Waals surface area contributed by atoms with Crippen LogP contribution >= 0.6 is 11.6 Å². The van der Waals surface area contributed by atoms with Gasteiger partial charge in [0.2, 0.25) is 17.8 Å². The van der Waals surface area contributed by atoms with Crippen molar-refractivity contribution < 1.29 is 13.5 Å². The second kappa shape index (κ2) is 9.38.